The Morgan fingerprint density at radius 2 is 2.04 bits per heavy atom. The minimum Gasteiger partial charge on any atom is -0.468 e. The third-order valence-corrected chi connectivity index (χ3v) is 5.50. The summed E-state index contributed by atoms with van der Waals surface area (Å²) < 4.78 is 5.07. The van der Waals surface area contributed by atoms with Crippen LogP contribution in [0.2, 0.25) is 0 Å². The van der Waals surface area contributed by atoms with E-state index in [2.05, 4.69) is 58.8 Å². The van der Waals surface area contributed by atoms with Crippen LogP contribution in [-0.4, -0.2) is 66.9 Å². The molecule has 140 valence electrons. The van der Waals surface area contributed by atoms with Gasteiger partial charge >= 0.3 is 5.97 Å². The highest BCUT2D eigenvalue weighted by atomic mass is 32.1. The van der Waals surface area contributed by atoms with Gasteiger partial charge in [0.15, 0.2) is 0 Å². The molecule has 6 heteroatoms. The first-order valence-electron chi connectivity index (χ1n) is 8.99. The Bertz CT molecular complexity index is 749. The van der Waals surface area contributed by atoms with E-state index in [9.17, 15) is 4.79 Å². The van der Waals surface area contributed by atoms with Gasteiger partial charge in [0.05, 0.1) is 7.11 Å². The molecule has 2 N–H and O–H groups in total. The van der Waals surface area contributed by atoms with Crippen molar-refractivity contribution in [3.8, 4) is 0 Å². The number of methoxy groups -OCH3 is 1. The fourth-order valence-electron chi connectivity index (χ4n) is 3.63. The Labute approximate surface area is 160 Å². The maximum atomic E-state index is 12.4. The second-order valence-corrected chi connectivity index (χ2v) is 7.22. The van der Waals surface area contributed by atoms with Gasteiger partial charge in [-0.25, -0.2) is 0 Å². The van der Waals surface area contributed by atoms with E-state index in [1.165, 1.54) is 23.4 Å². The molecule has 1 saturated heterocycles. The van der Waals surface area contributed by atoms with E-state index < -0.39 is 0 Å². The predicted molar refractivity (Wildman–Crippen MR) is 108 cm³/mol. The molecule has 1 fully saturated rings. The lowest BCUT2D eigenvalue weighted by Crippen LogP contribution is -2.58. The fourth-order valence-corrected chi connectivity index (χ4v) is 3.75. The summed E-state index contributed by atoms with van der Waals surface area (Å²) in [5.74, 6) is 0.452. The second kappa shape index (κ2) is 8.86. The van der Waals surface area contributed by atoms with E-state index in [-0.39, 0.29) is 18.1 Å². The van der Waals surface area contributed by atoms with Crippen LogP contribution in [0.5, 0.6) is 0 Å². The van der Waals surface area contributed by atoms with Crippen molar-refractivity contribution < 1.29 is 9.53 Å². The van der Waals surface area contributed by atoms with Crippen LogP contribution in [0.25, 0.3) is 10.8 Å². The Balaban J connectivity index is 1.78. The molecule has 0 spiro atoms. The average Bonchev–Trinajstić information content (AvgIpc) is 2.68. The number of fused-ring (bicyclic) bond motifs is 1. The number of piperazine rings is 1. The van der Waals surface area contributed by atoms with Crippen LogP contribution in [0, 0.1) is 0 Å². The molecule has 5 nitrogen and oxygen atoms in total. The zero-order valence-corrected chi connectivity index (χ0v) is 16.1. The average molecular weight is 374 g/mol. The summed E-state index contributed by atoms with van der Waals surface area (Å²) in [4.78, 5) is 16.9. The molecule has 2 aromatic rings. The Kier molecular flexibility index (Phi) is 6.53. The van der Waals surface area contributed by atoms with E-state index in [0.29, 0.717) is 12.3 Å². The van der Waals surface area contributed by atoms with Crippen molar-refractivity contribution in [2.75, 3.05) is 39.0 Å². The first kappa shape index (κ1) is 19.2. The summed E-state index contributed by atoms with van der Waals surface area (Å²) in [5, 5.41) is 2.45. The van der Waals surface area contributed by atoms with Crippen LogP contribution in [0.1, 0.15) is 5.56 Å². The number of rotatable bonds is 6. The summed E-state index contributed by atoms with van der Waals surface area (Å²) in [7, 11) is 1.46. The van der Waals surface area contributed by atoms with Crippen LogP contribution < -0.4 is 5.73 Å². The minimum atomic E-state index is -0.278. The summed E-state index contributed by atoms with van der Waals surface area (Å²) >= 11 is 4.26. The lowest BCUT2D eigenvalue weighted by Gasteiger charge is -2.40. The van der Waals surface area contributed by atoms with Crippen LogP contribution in [-0.2, 0) is 16.1 Å². The van der Waals surface area contributed by atoms with Gasteiger partial charge in [0, 0.05) is 44.5 Å². The number of nitrogens with zero attached hydrogens (tertiary/aromatic N) is 2. The molecule has 1 aliphatic rings. The third-order valence-electron chi connectivity index (χ3n) is 5.03. The molecule has 0 aliphatic carbocycles. The largest absolute Gasteiger partial charge is 0.468 e. The predicted octanol–water partition coefficient (Wildman–Crippen LogP) is 1.76. The normalized spacial score (nSPS) is 20.2. The number of benzene rings is 2. The topological polar surface area (TPSA) is 58.8 Å². The number of carbonyl (C=O) groups excluding carboxylic acids is 1. The van der Waals surface area contributed by atoms with Gasteiger partial charge in [-0.1, -0.05) is 42.5 Å². The zero-order valence-electron chi connectivity index (χ0n) is 15.2. The number of esters is 1. The van der Waals surface area contributed by atoms with Crippen LogP contribution in [0.15, 0.2) is 42.5 Å². The van der Waals surface area contributed by atoms with Crippen molar-refractivity contribution in [3.05, 3.63) is 48.0 Å². The van der Waals surface area contributed by atoms with Crippen molar-refractivity contribution in [2.45, 2.75) is 18.6 Å². The van der Waals surface area contributed by atoms with Crippen molar-refractivity contribution in [1.82, 2.24) is 9.80 Å². The number of hydrogen-bond acceptors (Lipinski definition) is 6. The molecule has 2 aromatic carbocycles. The molecule has 3 rings (SSSR count). The third kappa shape index (κ3) is 4.38. The number of thiol groups is 1. The van der Waals surface area contributed by atoms with Gasteiger partial charge in [-0.2, -0.15) is 12.6 Å². The van der Waals surface area contributed by atoms with Crippen LogP contribution >= 0.6 is 12.6 Å². The molecular weight excluding hydrogens is 346 g/mol. The van der Waals surface area contributed by atoms with Crippen LogP contribution in [0.4, 0.5) is 0 Å². The highest BCUT2D eigenvalue weighted by molar-refractivity contribution is 7.80. The summed E-state index contributed by atoms with van der Waals surface area (Å²) in [6.45, 7) is 3.81. The fraction of sp³-hybridized carbons (Fsp3) is 0.450. The highest BCUT2D eigenvalue weighted by Crippen LogP contribution is 2.22. The van der Waals surface area contributed by atoms with Crippen molar-refractivity contribution in [2.24, 2.45) is 5.73 Å². The maximum Gasteiger partial charge on any atom is 0.324 e. The van der Waals surface area contributed by atoms with Gasteiger partial charge in [0.2, 0.25) is 0 Å². The lowest BCUT2D eigenvalue weighted by molar-refractivity contribution is -0.150. The molecule has 0 radical (unpaired) electrons. The Morgan fingerprint density at radius 3 is 2.81 bits per heavy atom. The molecule has 1 heterocycles. The van der Waals surface area contributed by atoms with Crippen molar-refractivity contribution in [3.63, 3.8) is 0 Å². The first-order chi connectivity index (χ1) is 12.6. The summed E-state index contributed by atoms with van der Waals surface area (Å²) in [6, 6.07) is 14.4. The van der Waals surface area contributed by atoms with Gasteiger partial charge in [0.25, 0.3) is 0 Å². The molecule has 1 aliphatic heterocycles. The molecule has 0 aromatic heterocycles. The Morgan fingerprint density at radius 1 is 1.27 bits per heavy atom. The smallest absolute Gasteiger partial charge is 0.324 e. The van der Waals surface area contributed by atoms with Crippen molar-refractivity contribution >= 4 is 29.4 Å². The maximum absolute atomic E-state index is 12.4. The summed E-state index contributed by atoms with van der Waals surface area (Å²) in [5.41, 5.74) is 7.26. The molecule has 0 bridgehead atoms. The van der Waals surface area contributed by atoms with E-state index >= 15 is 0 Å². The number of hydrogen-bond donors (Lipinski definition) is 2. The minimum absolute atomic E-state index is 0.0150. The highest BCUT2D eigenvalue weighted by Gasteiger charge is 2.33. The quantitative estimate of drug-likeness (QED) is 0.597. The molecule has 0 saturated carbocycles. The van der Waals surface area contributed by atoms with Crippen molar-refractivity contribution in [1.29, 1.82) is 0 Å². The Hall–Kier alpha value is -1.60. The molecule has 2 unspecified atom stereocenters. The van der Waals surface area contributed by atoms with Gasteiger partial charge in [-0.05, 0) is 16.3 Å². The lowest BCUT2D eigenvalue weighted by atomic mass is 10.0. The van der Waals surface area contributed by atoms with E-state index in [0.717, 1.165) is 26.2 Å². The SMILES string of the molecule is COC(=O)C1CN(CC(N)CS)CCN1Cc1cccc2ccccc12. The zero-order chi connectivity index (χ0) is 18.5. The molecule has 2 atom stereocenters. The number of nitrogens with two attached hydrogens (primary N) is 1. The summed E-state index contributed by atoms with van der Waals surface area (Å²) in [6.07, 6.45) is 0. The van der Waals surface area contributed by atoms with E-state index in [1.807, 2.05) is 6.07 Å². The second-order valence-electron chi connectivity index (χ2n) is 6.85. The first-order valence-corrected chi connectivity index (χ1v) is 9.63. The van der Waals surface area contributed by atoms with E-state index in [4.69, 9.17) is 10.5 Å². The molecular formula is C20H27N3O2S. The molecule has 0 amide bonds. The monoisotopic (exact) mass is 373 g/mol. The number of carbonyl (C=O) groups is 1. The van der Waals surface area contributed by atoms with Gasteiger partial charge in [-0.3, -0.25) is 14.6 Å². The van der Waals surface area contributed by atoms with Gasteiger partial charge in [-0.15, -0.1) is 0 Å². The molecule has 26 heavy (non-hydrogen) atoms. The standard InChI is InChI=1S/C20H27N3O2S/c1-25-20(24)19-13-22(12-17(21)14-26)9-10-23(19)11-16-7-4-6-15-5-2-3-8-18(15)16/h2-8,17,19,26H,9-14,21H2,1H3. The number of ether oxygens (including phenoxy) is 1. The van der Waals surface area contributed by atoms with E-state index in [1.54, 1.807) is 0 Å². The van der Waals surface area contributed by atoms with Gasteiger partial charge in [0.1, 0.15) is 6.04 Å². The van der Waals surface area contributed by atoms with Crippen LogP contribution in [0.3, 0.4) is 0 Å². The van der Waals surface area contributed by atoms with Gasteiger partial charge < -0.3 is 10.5 Å².